The summed E-state index contributed by atoms with van der Waals surface area (Å²) >= 11 is 0. The Kier molecular flexibility index (Phi) is 2.71. The predicted molar refractivity (Wildman–Crippen MR) is 61.5 cm³/mol. The molecule has 2 rings (SSSR count). The molecule has 0 unspecified atom stereocenters. The zero-order valence-corrected chi connectivity index (χ0v) is 9.78. The van der Waals surface area contributed by atoms with Crippen molar-refractivity contribution in [3.63, 3.8) is 0 Å². The Morgan fingerprint density at radius 1 is 1.47 bits per heavy atom. The zero-order chi connectivity index (χ0) is 12.5. The first kappa shape index (κ1) is 11.4. The van der Waals surface area contributed by atoms with Gasteiger partial charge in [0.1, 0.15) is 11.8 Å². The minimum absolute atomic E-state index is 0.440. The Balaban J connectivity index is 2.56. The Morgan fingerprint density at radius 2 is 2.18 bits per heavy atom. The number of methoxy groups -OCH3 is 1. The van der Waals surface area contributed by atoms with Crippen LogP contribution in [0.4, 0.5) is 0 Å². The number of aliphatic imine (C=N–C) groups is 1. The molecule has 1 saturated carbocycles. The van der Waals surface area contributed by atoms with Crippen LogP contribution in [0.5, 0.6) is 5.75 Å². The molecule has 0 saturated heterocycles. The molecule has 0 aromatic heterocycles. The molecule has 17 heavy (non-hydrogen) atoms. The van der Waals surface area contributed by atoms with Gasteiger partial charge < -0.3 is 4.74 Å². The van der Waals surface area contributed by atoms with Crippen LogP contribution in [0.1, 0.15) is 29.5 Å². The summed E-state index contributed by atoms with van der Waals surface area (Å²) < 4.78 is 5.18. The molecule has 86 valence electrons. The normalized spacial score (nSPS) is 15.6. The van der Waals surface area contributed by atoms with Gasteiger partial charge in [-0.1, -0.05) is 0 Å². The maximum atomic E-state index is 10.4. The standard InChI is InChI=1S/C13H12N2O2/c1-9-5-11(13(3-4-13)15-8-16)6-10(7-14)12(9)17-2/h5-6H,3-4H2,1-2H3. The van der Waals surface area contributed by atoms with Gasteiger partial charge in [0, 0.05) is 0 Å². The molecule has 0 atom stereocenters. The van der Waals surface area contributed by atoms with Gasteiger partial charge in [0.05, 0.1) is 18.2 Å². The van der Waals surface area contributed by atoms with Crippen molar-refractivity contribution < 1.29 is 9.53 Å². The van der Waals surface area contributed by atoms with Crippen molar-refractivity contribution in [1.29, 1.82) is 5.26 Å². The van der Waals surface area contributed by atoms with Crippen LogP contribution in [0.3, 0.4) is 0 Å². The minimum atomic E-state index is -0.440. The summed E-state index contributed by atoms with van der Waals surface area (Å²) in [7, 11) is 1.54. The van der Waals surface area contributed by atoms with E-state index < -0.39 is 5.54 Å². The lowest BCUT2D eigenvalue weighted by molar-refractivity contribution is 0.410. The minimum Gasteiger partial charge on any atom is -0.495 e. The van der Waals surface area contributed by atoms with E-state index in [1.807, 2.05) is 13.0 Å². The average Bonchev–Trinajstić information content (AvgIpc) is 3.09. The highest BCUT2D eigenvalue weighted by molar-refractivity contribution is 5.53. The highest BCUT2D eigenvalue weighted by Crippen LogP contribution is 2.50. The average molecular weight is 228 g/mol. The molecule has 0 radical (unpaired) electrons. The van der Waals surface area contributed by atoms with Gasteiger partial charge in [0.15, 0.2) is 0 Å². The maximum Gasteiger partial charge on any atom is 0.235 e. The quantitative estimate of drug-likeness (QED) is 0.588. The fourth-order valence-corrected chi connectivity index (χ4v) is 2.07. The van der Waals surface area contributed by atoms with E-state index in [1.54, 1.807) is 19.3 Å². The van der Waals surface area contributed by atoms with E-state index in [4.69, 9.17) is 10.00 Å². The monoisotopic (exact) mass is 228 g/mol. The van der Waals surface area contributed by atoms with Crippen LogP contribution in [0.25, 0.3) is 0 Å². The number of hydrogen-bond acceptors (Lipinski definition) is 4. The van der Waals surface area contributed by atoms with E-state index in [2.05, 4.69) is 11.1 Å². The lowest BCUT2D eigenvalue weighted by Gasteiger charge is -2.13. The molecule has 1 aromatic rings. The van der Waals surface area contributed by atoms with Crippen molar-refractivity contribution >= 4 is 6.08 Å². The highest BCUT2D eigenvalue weighted by atomic mass is 16.5. The first-order valence-electron chi connectivity index (χ1n) is 5.35. The molecule has 1 aliphatic rings. The summed E-state index contributed by atoms with van der Waals surface area (Å²) in [6.45, 7) is 1.88. The summed E-state index contributed by atoms with van der Waals surface area (Å²) in [5.74, 6) is 0.585. The topological polar surface area (TPSA) is 62.4 Å². The number of benzene rings is 1. The summed E-state index contributed by atoms with van der Waals surface area (Å²) in [5.41, 5.74) is 1.82. The maximum absolute atomic E-state index is 10.4. The Morgan fingerprint density at radius 3 is 2.65 bits per heavy atom. The molecular weight excluding hydrogens is 216 g/mol. The summed E-state index contributed by atoms with van der Waals surface area (Å²) in [6, 6.07) is 5.78. The molecule has 1 fully saturated rings. The Bertz CT molecular complexity index is 547. The van der Waals surface area contributed by atoms with Gasteiger partial charge in [-0.2, -0.15) is 10.3 Å². The van der Waals surface area contributed by atoms with Gasteiger partial charge in [-0.15, -0.1) is 0 Å². The fourth-order valence-electron chi connectivity index (χ4n) is 2.07. The van der Waals surface area contributed by atoms with Crippen molar-refractivity contribution in [2.45, 2.75) is 25.3 Å². The van der Waals surface area contributed by atoms with Gasteiger partial charge in [0.25, 0.3) is 0 Å². The molecule has 0 heterocycles. The Labute approximate surface area is 99.5 Å². The van der Waals surface area contributed by atoms with Crippen LogP contribution in [0, 0.1) is 18.3 Å². The fraction of sp³-hybridized carbons (Fsp3) is 0.385. The van der Waals surface area contributed by atoms with E-state index in [-0.39, 0.29) is 0 Å². The summed E-state index contributed by atoms with van der Waals surface area (Å²) in [4.78, 5) is 14.3. The largest absolute Gasteiger partial charge is 0.495 e. The molecule has 1 aromatic carbocycles. The molecular formula is C13H12N2O2. The van der Waals surface area contributed by atoms with E-state index in [1.165, 1.54) is 0 Å². The third kappa shape index (κ3) is 1.82. The van der Waals surface area contributed by atoms with Gasteiger partial charge in [-0.05, 0) is 43.0 Å². The third-order valence-corrected chi connectivity index (χ3v) is 3.12. The molecule has 4 nitrogen and oxygen atoms in total. The van der Waals surface area contributed by atoms with Crippen LogP contribution >= 0.6 is 0 Å². The van der Waals surface area contributed by atoms with Crippen LogP contribution in [-0.2, 0) is 10.3 Å². The number of nitrogens with zero attached hydrogens (tertiary/aromatic N) is 2. The second-order valence-corrected chi connectivity index (χ2v) is 4.22. The van der Waals surface area contributed by atoms with Crippen LogP contribution in [0.2, 0.25) is 0 Å². The van der Waals surface area contributed by atoms with E-state index in [9.17, 15) is 4.79 Å². The molecule has 0 aliphatic heterocycles. The van der Waals surface area contributed by atoms with Crippen molar-refractivity contribution in [1.82, 2.24) is 0 Å². The number of ether oxygens (including phenoxy) is 1. The predicted octanol–water partition coefficient (Wildman–Crippen LogP) is 2.20. The smallest absolute Gasteiger partial charge is 0.235 e. The number of carbonyl (C=O) groups excluding carboxylic acids is 1. The molecule has 0 N–H and O–H groups in total. The van der Waals surface area contributed by atoms with Crippen LogP contribution in [-0.4, -0.2) is 13.2 Å². The first-order chi connectivity index (χ1) is 8.16. The van der Waals surface area contributed by atoms with E-state index >= 15 is 0 Å². The Hall–Kier alpha value is -2.11. The van der Waals surface area contributed by atoms with Crippen LogP contribution < -0.4 is 4.74 Å². The first-order valence-corrected chi connectivity index (χ1v) is 5.35. The van der Waals surface area contributed by atoms with Crippen molar-refractivity contribution in [2.24, 2.45) is 4.99 Å². The van der Waals surface area contributed by atoms with E-state index in [0.717, 1.165) is 24.0 Å². The number of hydrogen-bond donors (Lipinski definition) is 0. The summed E-state index contributed by atoms with van der Waals surface area (Å²) in [6.07, 6.45) is 3.28. The molecule has 4 heteroatoms. The van der Waals surface area contributed by atoms with Gasteiger partial charge in [-0.3, -0.25) is 0 Å². The van der Waals surface area contributed by atoms with Crippen molar-refractivity contribution in [3.8, 4) is 11.8 Å². The lowest BCUT2D eigenvalue weighted by Crippen LogP contribution is -2.04. The summed E-state index contributed by atoms with van der Waals surface area (Å²) in [5, 5.41) is 9.08. The van der Waals surface area contributed by atoms with Gasteiger partial charge in [-0.25, -0.2) is 4.79 Å². The van der Waals surface area contributed by atoms with Gasteiger partial charge >= 0.3 is 0 Å². The third-order valence-electron chi connectivity index (χ3n) is 3.12. The second-order valence-electron chi connectivity index (χ2n) is 4.22. The SMILES string of the molecule is COc1c(C)cc(C2(N=C=O)CC2)cc1C#N. The number of isocyanates is 1. The zero-order valence-electron chi connectivity index (χ0n) is 9.78. The molecule has 1 aliphatic carbocycles. The molecule has 0 bridgehead atoms. The molecule has 0 spiro atoms. The van der Waals surface area contributed by atoms with Crippen molar-refractivity contribution in [3.05, 3.63) is 28.8 Å². The second kappa shape index (κ2) is 4.04. The number of aryl methyl sites for hydroxylation is 1. The van der Waals surface area contributed by atoms with Crippen LogP contribution in [0.15, 0.2) is 17.1 Å². The lowest BCUT2D eigenvalue weighted by atomic mass is 9.99. The van der Waals surface area contributed by atoms with Crippen molar-refractivity contribution in [2.75, 3.05) is 7.11 Å². The highest BCUT2D eigenvalue weighted by Gasteiger charge is 2.45. The number of rotatable bonds is 3. The molecule has 0 amide bonds. The number of nitriles is 1. The van der Waals surface area contributed by atoms with E-state index in [0.29, 0.717) is 11.3 Å². The van der Waals surface area contributed by atoms with Gasteiger partial charge in [0.2, 0.25) is 6.08 Å².